The molecule has 1 aliphatic rings. The number of ether oxygens (including phenoxy) is 1. The second-order valence-corrected chi connectivity index (χ2v) is 8.67. The second kappa shape index (κ2) is 6.90. The van der Waals surface area contributed by atoms with Crippen molar-refractivity contribution in [3.8, 4) is 0 Å². The predicted octanol–water partition coefficient (Wildman–Crippen LogP) is 2.92. The smallest absolute Gasteiger partial charge is 0.183 e. The van der Waals surface area contributed by atoms with Crippen molar-refractivity contribution in [3.63, 3.8) is 0 Å². The summed E-state index contributed by atoms with van der Waals surface area (Å²) in [4.78, 5) is 0.319. The number of rotatable bonds is 7. The average molecular weight is 359 g/mol. The molecule has 3 rings (SSSR count). The number of sulfone groups is 1. The molecule has 0 unspecified atom stereocenters. The summed E-state index contributed by atoms with van der Waals surface area (Å²) in [6, 6.07) is 16.6. The van der Waals surface area contributed by atoms with Gasteiger partial charge in [-0.25, -0.2) is 8.42 Å². The zero-order valence-corrected chi connectivity index (χ0v) is 15.5. The molecule has 2 N–H and O–H groups in total. The molecule has 0 amide bonds. The van der Waals surface area contributed by atoms with Crippen LogP contribution in [0.4, 0.5) is 0 Å². The second-order valence-electron chi connectivity index (χ2n) is 6.60. The molecule has 134 valence electrons. The maximum Gasteiger partial charge on any atom is 0.183 e. The van der Waals surface area contributed by atoms with Crippen LogP contribution in [0.15, 0.2) is 59.5 Å². The summed E-state index contributed by atoms with van der Waals surface area (Å²) in [5.41, 5.74) is 7.84. The first-order valence-electron chi connectivity index (χ1n) is 8.69. The van der Waals surface area contributed by atoms with Crippen LogP contribution in [0.25, 0.3) is 0 Å². The summed E-state index contributed by atoms with van der Waals surface area (Å²) in [5.74, 6) is -0.254. The van der Waals surface area contributed by atoms with Gasteiger partial charge < -0.3 is 10.5 Å². The molecular formula is C20H25NO3S. The van der Waals surface area contributed by atoms with E-state index in [1.165, 1.54) is 5.56 Å². The zero-order valence-electron chi connectivity index (χ0n) is 14.7. The fourth-order valence-electron chi connectivity index (χ4n) is 3.54. The molecule has 2 aromatic carbocycles. The van der Waals surface area contributed by atoms with Crippen molar-refractivity contribution in [3.05, 3.63) is 65.7 Å². The number of hydrogen-bond donors (Lipinski definition) is 1. The molecule has 0 saturated heterocycles. The standard InChI is InChI=1S/C20H25NO3S/c1-3-15-10-12-16(13-11-15)18-19(20(18,21)14-24-4-2)25(22,23)17-8-6-5-7-9-17/h5-13,18-19H,3-4,14,21H2,1-2H3/t18-,19+,20+/m1/s1. The minimum Gasteiger partial charge on any atom is -0.380 e. The minimum absolute atomic E-state index is 0.237. The lowest BCUT2D eigenvalue weighted by molar-refractivity contribution is 0.125. The van der Waals surface area contributed by atoms with Gasteiger partial charge in [0.05, 0.1) is 22.3 Å². The van der Waals surface area contributed by atoms with Gasteiger partial charge in [0, 0.05) is 12.5 Å². The fourth-order valence-corrected chi connectivity index (χ4v) is 5.86. The quantitative estimate of drug-likeness (QED) is 0.825. The largest absolute Gasteiger partial charge is 0.380 e. The van der Waals surface area contributed by atoms with E-state index in [4.69, 9.17) is 10.5 Å². The Morgan fingerprint density at radius 2 is 1.68 bits per heavy atom. The highest BCUT2D eigenvalue weighted by molar-refractivity contribution is 7.92. The van der Waals surface area contributed by atoms with Crippen molar-refractivity contribution in [2.24, 2.45) is 5.73 Å². The van der Waals surface area contributed by atoms with Crippen LogP contribution >= 0.6 is 0 Å². The molecule has 0 bridgehead atoms. The third-order valence-corrected chi connectivity index (χ3v) is 7.32. The van der Waals surface area contributed by atoms with E-state index in [9.17, 15) is 8.42 Å². The van der Waals surface area contributed by atoms with Crippen molar-refractivity contribution in [2.45, 2.75) is 41.9 Å². The third-order valence-electron chi connectivity index (χ3n) is 5.01. The molecule has 3 atom stereocenters. The Bertz CT molecular complexity index is 818. The Kier molecular flexibility index (Phi) is 5.00. The first-order valence-corrected chi connectivity index (χ1v) is 10.2. The van der Waals surface area contributed by atoms with Crippen LogP contribution < -0.4 is 5.73 Å². The first-order chi connectivity index (χ1) is 11.9. The first kappa shape index (κ1) is 18.1. The number of hydrogen-bond acceptors (Lipinski definition) is 4. The van der Waals surface area contributed by atoms with Crippen molar-refractivity contribution in [2.75, 3.05) is 13.2 Å². The van der Waals surface area contributed by atoms with E-state index in [0.29, 0.717) is 11.5 Å². The van der Waals surface area contributed by atoms with Crippen LogP contribution in [-0.2, 0) is 21.0 Å². The zero-order chi connectivity index (χ0) is 18.1. The number of benzene rings is 2. The van der Waals surface area contributed by atoms with E-state index in [1.807, 2.05) is 37.3 Å². The maximum atomic E-state index is 13.1. The third kappa shape index (κ3) is 3.24. The molecular weight excluding hydrogens is 334 g/mol. The van der Waals surface area contributed by atoms with Gasteiger partial charge in [-0.15, -0.1) is 0 Å². The molecule has 25 heavy (non-hydrogen) atoms. The van der Waals surface area contributed by atoms with Crippen LogP contribution in [-0.4, -0.2) is 32.4 Å². The summed E-state index contributed by atoms with van der Waals surface area (Å²) in [7, 11) is -3.52. The summed E-state index contributed by atoms with van der Waals surface area (Å²) in [6.07, 6.45) is 0.948. The Morgan fingerprint density at radius 1 is 1.04 bits per heavy atom. The van der Waals surface area contributed by atoms with Crippen LogP contribution in [0.1, 0.15) is 30.9 Å². The lowest BCUT2D eigenvalue weighted by atomic mass is 10.0. The molecule has 1 aliphatic carbocycles. The molecule has 5 heteroatoms. The van der Waals surface area contributed by atoms with Gasteiger partial charge in [0.2, 0.25) is 0 Å². The Morgan fingerprint density at radius 3 is 2.24 bits per heavy atom. The van der Waals surface area contributed by atoms with E-state index < -0.39 is 20.6 Å². The molecule has 1 saturated carbocycles. The van der Waals surface area contributed by atoms with Gasteiger partial charge in [0.15, 0.2) is 9.84 Å². The van der Waals surface area contributed by atoms with Crippen molar-refractivity contribution in [1.82, 2.24) is 0 Å². The summed E-state index contributed by atoms with van der Waals surface area (Å²) in [5, 5.41) is -0.665. The fraction of sp³-hybridized carbons (Fsp3) is 0.400. The van der Waals surface area contributed by atoms with E-state index in [0.717, 1.165) is 12.0 Å². The molecule has 0 heterocycles. The Hall–Kier alpha value is -1.69. The highest BCUT2D eigenvalue weighted by atomic mass is 32.2. The summed E-state index contributed by atoms with van der Waals surface area (Å²) >= 11 is 0. The molecule has 0 radical (unpaired) electrons. The van der Waals surface area contributed by atoms with Crippen molar-refractivity contribution < 1.29 is 13.2 Å². The summed E-state index contributed by atoms with van der Waals surface area (Å²) < 4.78 is 31.8. The monoisotopic (exact) mass is 359 g/mol. The van der Waals surface area contributed by atoms with Gasteiger partial charge in [-0.05, 0) is 36.6 Å². The SMILES string of the molecule is CCOC[C@]1(N)[C@H](c2ccc(CC)cc2)[C@@H]1S(=O)(=O)c1ccccc1. The Balaban J connectivity index is 1.97. The normalized spacial score (nSPS) is 25.7. The van der Waals surface area contributed by atoms with E-state index in [2.05, 4.69) is 6.92 Å². The van der Waals surface area contributed by atoms with Gasteiger partial charge >= 0.3 is 0 Å². The van der Waals surface area contributed by atoms with E-state index in [1.54, 1.807) is 24.3 Å². The van der Waals surface area contributed by atoms with Gasteiger partial charge in [0.25, 0.3) is 0 Å². The lowest BCUT2D eigenvalue weighted by Gasteiger charge is -2.12. The number of nitrogens with two attached hydrogens (primary N) is 1. The maximum absolute atomic E-state index is 13.1. The van der Waals surface area contributed by atoms with E-state index in [-0.39, 0.29) is 12.5 Å². The van der Waals surface area contributed by atoms with Crippen LogP contribution in [0.5, 0.6) is 0 Å². The predicted molar refractivity (Wildman–Crippen MR) is 99.4 cm³/mol. The topological polar surface area (TPSA) is 69.4 Å². The van der Waals surface area contributed by atoms with Crippen LogP contribution in [0.3, 0.4) is 0 Å². The summed E-state index contributed by atoms with van der Waals surface area (Å²) in [6.45, 7) is 4.73. The highest BCUT2D eigenvalue weighted by Crippen LogP contribution is 2.55. The molecule has 0 spiro atoms. The van der Waals surface area contributed by atoms with Crippen LogP contribution in [0, 0.1) is 0 Å². The van der Waals surface area contributed by atoms with Crippen molar-refractivity contribution >= 4 is 9.84 Å². The number of aryl methyl sites for hydroxylation is 1. The van der Waals surface area contributed by atoms with E-state index >= 15 is 0 Å². The molecule has 2 aromatic rings. The Labute approximate surface area is 149 Å². The molecule has 0 aromatic heterocycles. The molecule has 0 aliphatic heterocycles. The molecule has 4 nitrogen and oxygen atoms in total. The average Bonchev–Trinajstić information content (AvgIpc) is 3.27. The van der Waals surface area contributed by atoms with Gasteiger partial charge in [-0.2, -0.15) is 0 Å². The van der Waals surface area contributed by atoms with Gasteiger partial charge in [-0.1, -0.05) is 49.4 Å². The van der Waals surface area contributed by atoms with Gasteiger partial charge in [0.1, 0.15) is 0 Å². The van der Waals surface area contributed by atoms with Crippen molar-refractivity contribution in [1.29, 1.82) is 0 Å². The molecule has 1 fully saturated rings. The van der Waals surface area contributed by atoms with Crippen LogP contribution in [0.2, 0.25) is 0 Å². The minimum atomic E-state index is -3.52. The highest BCUT2D eigenvalue weighted by Gasteiger charge is 2.69. The lowest BCUT2D eigenvalue weighted by Crippen LogP contribution is -2.36. The van der Waals surface area contributed by atoms with Gasteiger partial charge in [-0.3, -0.25) is 0 Å².